The fourth-order valence-corrected chi connectivity index (χ4v) is 2.75. The highest BCUT2D eigenvalue weighted by Crippen LogP contribution is 2.38. The highest BCUT2D eigenvalue weighted by Gasteiger charge is 2.20. The van der Waals surface area contributed by atoms with Crippen LogP contribution in [0.5, 0.6) is 17.2 Å². The molecule has 0 saturated carbocycles. The first kappa shape index (κ1) is 20.1. The maximum absolute atomic E-state index is 12.5. The zero-order valence-corrected chi connectivity index (χ0v) is 15.9. The van der Waals surface area contributed by atoms with Crippen LogP contribution in [-0.2, 0) is 4.79 Å². The largest absolute Gasteiger partial charge is 0.493 e. The van der Waals surface area contributed by atoms with Crippen molar-refractivity contribution in [2.75, 3.05) is 21.3 Å². The first-order valence-electron chi connectivity index (χ1n) is 8.50. The number of nitrogens with one attached hydrogen (secondary N) is 2. The van der Waals surface area contributed by atoms with E-state index in [1.165, 1.54) is 33.5 Å². The zero-order chi connectivity index (χ0) is 19.8. The molecule has 7 heteroatoms. The van der Waals surface area contributed by atoms with Gasteiger partial charge in [-0.05, 0) is 24.1 Å². The summed E-state index contributed by atoms with van der Waals surface area (Å²) in [7, 11) is 4.41. The molecule has 0 bridgehead atoms. The lowest BCUT2D eigenvalue weighted by atomic mass is 9.96. The van der Waals surface area contributed by atoms with Crippen LogP contribution in [0.1, 0.15) is 35.2 Å². The third-order valence-corrected chi connectivity index (χ3v) is 4.15. The smallest absolute Gasteiger partial charge is 0.269 e. The molecule has 2 amide bonds. The van der Waals surface area contributed by atoms with Crippen molar-refractivity contribution in [3.8, 4) is 17.2 Å². The van der Waals surface area contributed by atoms with Crippen LogP contribution in [0.25, 0.3) is 0 Å². The zero-order valence-electron chi connectivity index (χ0n) is 15.9. The van der Waals surface area contributed by atoms with E-state index in [-0.39, 0.29) is 17.4 Å². The van der Waals surface area contributed by atoms with E-state index in [2.05, 4.69) is 10.9 Å². The van der Waals surface area contributed by atoms with Crippen LogP contribution < -0.4 is 25.1 Å². The van der Waals surface area contributed by atoms with Crippen LogP contribution in [0, 0.1) is 0 Å². The van der Waals surface area contributed by atoms with Crippen molar-refractivity contribution in [3.63, 3.8) is 0 Å². The molecule has 2 aromatic carbocycles. The van der Waals surface area contributed by atoms with Crippen molar-refractivity contribution in [2.45, 2.75) is 19.3 Å². The van der Waals surface area contributed by atoms with Gasteiger partial charge in [0.25, 0.3) is 5.91 Å². The lowest BCUT2D eigenvalue weighted by Gasteiger charge is -2.17. The van der Waals surface area contributed by atoms with Gasteiger partial charge in [0.2, 0.25) is 11.7 Å². The van der Waals surface area contributed by atoms with E-state index < -0.39 is 5.91 Å². The van der Waals surface area contributed by atoms with Gasteiger partial charge in [0.1, 0.15) is 0 Å². The maximum atomic E-state index is 12.5. The SMILES string of the molecule is CC[C@H](C(=O)NNC(=O)c1cc(OC)c(OC)c(OC)c1)c1ccccc1. The van der Waals surface area contributed by atoms with Crippen LogP contribution in [0.3, 0.4) is 0 Å². The molecule has 2 N–H and O–H groups in total. The summed E-state index contributed by atoms with van der Waals surface area (Å²) in [4.78, 5) is 24.9. The molecule has 0 radical (unpaired) electrons. The third-order valence-electron chi connectivity index (χ3n) is 4.15. The Bertz CT molecular complexity index is 767. The maximum Gasteiger partial charge on any atom is 0.269 e. The molecule has 0 aliphatic rings. The minimum absolute atomic E-state index is 0.262. The number of rotatable bonds is 7. The number of hydrogen-bond acceptors (Lipinski definition) is 5. The Hall–Kier alpha value is -3.22. The Balaban J connectivity index is 2.12. The number of hydrazine groups is 1. The van der Waals surface area contributed by atoms with Crippen molar-refractivity contribution in [1.82, 2.24) is 10.9 Å². The van der Waals surface area contributed by atoms with E-state index in [1.807, 2.05) is 37.3 Å². The molecule has 1 atom stereocenters. The predicted molar refractivity (Wildman–Crippen MR) is 101 cm³/mol. The Morgan fingerprint density at radius 1 is 0.926 bits per heavy atom. The van der Waals surface area contributed by atoms with Gasteiger partial charge < -0.3 is 14.2 Å². The van der Waals surface area contributed by atoms with Crippen LogP contribution in [0.4, 0.5) is 0 Å². The van der Waals surface area contributed by atoms with Gasteiger partial charge in [-0.1, -0.05) is 37.3 Å². The number of amides is 2. The minimum Gasteiger partial charge on any atom is -0.493 e. The van der Waals surface area contributed by atoms with Gasteiger partial charge in [-0.15, -0.1) is 0 Å². The molecule has 0 aliphatic carbocycles. The summed E-state index contributed by atoms with van der Waals surface area (Å²) < 4.78 is 15.7. The Labute approximate surface area is 158 Å². The lowest BCUT2D eigenvalue weighted by molar-refractivity contribution is -0.123. The second-order valence-electron chi connectivity index (χ2n) is 5.73. The Morgan fingerprint density at radius 3 is 2.00 bits per heavy atom. The van der Waals surface area contributed by atoms with Crippen molar-refractivity contribution >= 4 is 11.8 Å². The summed E-state index contributed by atoms with van der Waals surface area (Å²) in [6.07, 6.45) is 0.607. The molecule has 0 aliphatic heterocycles. The standard InChI is InChI=1S/C20H24N2O5/c1-5-15(13-9-7-6-8-10-13)20(24)22-21-19(23)14-11-16(25-2)18(27-4)17(12-14)26-3/h6-12,15H,5H2,1-4H3,(H,21,23)(H,22,24)/t15-/m0/s1. The summed E-state index contributed by atoms with van der Waals surface area (Å²) in [5.74, 6) is -0.0507. The average Bonchev–Trinajstić information content (AvgIpc) is 2.72. The van der Waals surface area contributed by atoms with E-state index in [0.29, 0.717) is 23.7 Å². The van der Waals surface area contributed by atoms with Gasteiger partial charge in [0.05, 0.1) is 27.2 Å². The van der Waals surface area contributed by atoms with Crippen molar-refractivity contribution in [1.29, 1.82) is 0 Å². The summed E-state index contributed by atoms with van der Waals surface area (Å²) in [6, 6.07) is 12.4. The van der Waals surface area contributed by atoms with Crippen molar-refractivity contribution in [2.24, 2.45) is 0 Å². The highest BCUT2D eigenvalue weighted by molar-refractivity contribution is 5.97. The summed E-state index contributed by atoms with van der Waals surface area (Å²) in [5, 5.41) is 0. The molecule has 7 nitrogen and oxygen atoms in total. The van der Waals surface area contributed by atoms with Crippen LogP contribution in [-0.4, -0.2) is 33.1 Å². The van der Waals surface area contributed by atoms with E-state index in [0.717, 1.165) is 5.56 Å². The Morgan fingerprint density at radius 2 is 1.52 bits per heavy atom. The lowest BCUT2D eigenvalue weighted by Crippen LogP contribution is -2.43. The molecule has 144 valence electrons. The number of methoxy groups -OCH3 is 3. The monoisotopic (exact) mass is 372 g/mol. The number of ether oxygens (including phenoxy) is 3. The van der Waals surface area contributed by atoms with Gasteiger partial charge in [0, 0.05) is 5.56 Å². The molecule has 0 heterocycles. The van der Waals surface area contributed by atoms with Gasteiger partial charge in [0.15, 0.2) is 11.5 Å². The molecule has 0 fully saturated rings. The summed E-state index contributed by atoms with van der Waals surface area (Å²) >= 11 is 0. The van der Waals surface area contributed by atoms with Gasteiger partial charge >= 0.3 is 0 Å². The van der Waals surface area contributed by atoms with Crippen molar-refractivity contribution < 1.29 is 23.8 Å². The molecular formula is C20H24N2O5. The molecule has 0 spiro atoms. The first-order chi connectivity index (χ1) is 13.0. The highest BCUT2D eigenvalue weighted by atomic mass is 16.5. The molecule has 2 rings (SSSR count). The summed E-state index contributed by atoms with van der Waals surface area (Å²) in [6.45, 7) is 1.91. The molecule has 27 heavy (non-hydrogen) atoms. The molecule has 2 aromatic rings. The van der Waals surface area contributed by atoms with E-state index in [9.17, 15) is 9.59 Å². The summed E-state index contributed by atoms with van der Waals surface area (Å²) in [5.41, 5.74) is 6.07. The van der Waals surface area contributed by atoms with Gasteiger partial charge in [-0.3, -0.25) is 20.4 Å². The molecule has 0 aromatic heterocycles. The fraction of sp³-hybridized carbons (Fsp3) is 0.300. The Kier molecular flexibility index (Phi) is 7.05. The second kappa shape index (κ2) is 9.47. The van der Waals surface area contributed by atoms with Crippen LogP contribution in [0.2, 0.25) is 0 Å². The number of benzene rings is 2. The van der Waals surface area contributed by atoms with Crippen LogP contribution >= 0.6 is 0 Å². The van der Waals surface area contributed by atoms with E-state index >= 15 is 0 Å². The normalized spacial score (nSPS) is 11.3. The van der Waals surface area contributed by atoms with Gasteiger partial charge in [-0.2, -0.15) is 0 Å². The van der Waals surface area contributed by atoms with Gasteiger partial charge in [-0.25, -0.2) is 0 Å². The molecule has 0 unspecified atom stereocenters. The number of carbonyl (C=O) groups excluding carboxylic acids is 2. The quantitative estimate of drug-likeness (QED) is 0.730. The minimum atomic E-state index is -0.495. The fourth-order valence-electron chi connectivity index (χ4n) is 2.75. The average molecular weight is 372 g/mol. The van der Waals surface area contributed by atoms with Crippen LogP contribution in [0.15, 0.2) is 42.5 Å². The third kappa shape index (κ3) is 4.69. The topological polar surface area (TPSA) is 85.9 Å². The van der Waals surface area contributed by atoms with Crippen molar-refractivity contribution in [3.05, 3.63) is 53.6 Å². The predicted octanol–water partition coefficient (Wildman–Crippen LogP) is 2.67. The van der Waals surface area contributed by atoms with E-state index in [1.54, 1.807) is 0 Å². The second-order valence-corrected chi connectivity index (χ2v) is 5.73. The molecular weight excluding hydrogens is 348 g/mol. The number of carbonyl (C=O) groups is 2. The van der Waals surface area contributed by atoms with E-state index in [4.69, 9.17) is 14.2 Å². The molecule has 0 saturated heterocycles. The first-order valence-corrected chi connectivity index (χ1v) is 8.50. The number of hydrogen-bond donors (Lipinski definition) is 2.